The summed E-state index contributed by atoms with van der Waals surface area (Å²) in [7, 11) is 0. The molecule has 2 nitrogen and oxygen atoms in total. The lowest BCUT2D eigenvalue weighted by molar-refractivity contribution is 0.301. The molecule has 0 fully saturated rings. The molecule has 1 aromatic heterocycles. The maximum absolute atomic E-state index is 5.85. The minimum Gasteiger partial charge on any atom is -0.487 e. The van der Waals surface area contributed by atoms with Crippen LogP contribution < -0.4 is 4.74 Å². The molecule has 0 atom stereocenters. The van der Waals surface area contributed by atoms with Crippen molar-refractivity contribution in [3.05, 3.63) is 57.8 Å². The van der Waals surface area contributed by atoms with Crippen LogP contribution >= 0.6 is 27.5 Å². The van der Waals surface area contributed by atoms with Gasteiger partial charge in [-0.25, -0.2) is 0 Å². The van der Waals surface area contributed by atoms with Crippen LogP contribution in [0.1, 0.15) is 5.69 Å². The van der Waals surface area contributed by atoms with Gasteiger partial charge in [-0.05, 0) is 46.3 Å². The number of aromatic nitrogens is 1. The van der Waals surface area contributed by atoms with Gasteiger partial charge in [-0.3, -0.25) is 4.98 Å². The Balaban J connectivity index is 1.99. The lowest BCUT2D eigenvalue weighted by atomic mass is 10.3. The topological polar surface area (TPSA) is 22.1 Å². The van der Waals surface area contributed by atoms with Crippen molar-refractivity contribution in [3.8, 4) is 5.75 Å². The zero-order valence-corrected chi connectivity index (χ0v) is 10.7. The highest BCUT2D eigenvalue weighted by molar-refractivity contribution is 9.10. The van der Waals surface area contributed by atoms with Crippen LogP contribution in [0.2, 0.25) is 5.02 Å². The van der Waals surface area contributed by atoms with E-state index < -0.39 is 0 Å². The smallest absolute Gasteiger partial charge is 0.130 e. The monoisotopic (exact) mass is 297 g/mol. The van der Waals surface area contributed by atoms with Crippen LogP contribution in [0.15, 0.2) is 47.1 Å². The minimum atomic E-state index is 0.438. The normalized spacial score (nSPS) is 10.1. The maximum atomic E-state index is 5.85. The SMILES string of the molecule is Clc1cccc(OCc2ccc(Br)cn2)c1. The quantitative estimate of drug-likeness (QED) is 0.852. The number of nitrogens with zero attached hydrogens (tertiary/aromatic N) is 1. The number of hydrogen-bond acceptors (Lipinski definition) is 2. The summed E-state index contributed by atoms with van der Waals surface area (Å²) in [6.45, 7) is 0.438. The highest BCUT2D eigenvalue weighted by Crippen LogP contribution is 2.18. The van der Waals surface area contributed by atoms with Crippen molar-refractivity contribution < 1.29 is 4.74 Å². The molecule has 0 radical (unpaired) electrons. The summed E-state index contributed by atoms with van der Waals surface area (Å²) in [5.74, 6) is 0.747. The molecule has 2 rings (SSSR count). The van der Waals surface area contributed by atoms with Crippen molar-refractivity contribution in [3.63, 3.8) is 0 Å². The number of benzene rings is 1. The maximum Gasteiger partial charge on any atom is 0.130 e. The van der Waals surface area contributed by atoms with Crippen LogP contribution in [-0.2, 0) is 6.61 Å². The molecule has 1 aromatic carbocycles. The van der Waals surface area contributed by atoms with E-state index in [-0.39, 0.29) is 0 Å². The summed E-state index contributed by atoms with van der Waals surface area (Å²) >= 11 is 9.18. The predicted octanol–water partition coefficient (Wildman–Crippen LogP) is 4.08. The average molecular weight is 299 g/mol. The van der Waals surface area contributed by atoms with Gasteiger partial charge in [-0.2, -0.15) is 0 Å². The molecule has 82 valence electrons. The molecule has 0 amide bonds. The second kappa shape index (κ2) is 5.32. The van der Waals surface area contributed by atoms with Crippen molar-refractivity contribution in [1.29, 1.82) is 0 Å². The van der Waals surface area contributed by atoms with Crippen LogP contribution in [0.25, 0.3) is 0 Å². The Bertz CT molecular complexity index is 473. The summed E-state index contributed by atoms with van der Waals surface area (Å²) in [6, 6.07) is 11.2. The van der Waals surface area contributed by atoms with Crippen LogP contribution in [-0.4, -0.2) is 4.98 Å². The first-order valence-corrected chi connectivity index (χ1v) is 5.90. The first-order chi connectivity index (χ1) is 7.74. The van der Waals surface area contributed by atoms with E-state index in [2.05, 4.69) is 20.9 Å². The molecule has 0 aliphatic heterocycles. The van der Waals surface area contributed by atoms with Crippen LogP contribution in [0, 0.1) is 0 Å². The molecule has 16 heavy (non-hydrogen) atoms. The molecule has 0 saturated carbocycles. The fraction of sp³-hybridized carbons (Fsp3) is 0.0833. The molecule has 0 N–H and O–H groups in total. The fourth-order valence-electron chi connectivity index (χ4n) is 1.21. The Kier molecular flexibility index (Phi) is 3.80. The van der Waals surface area contributed by atoms with Crippen LogP contribution in [0.3, 0.4) is 0 Å². The number of halogens is 2. The number of hydrogen-bond donors (Lipinski definition) is 0. The molecule has 0 spiro atoms. The molecule has 4 heteroatoms. The van der Waals surface area contributed by atoms with E-state index >= 15 is 0 Å². The summed E-state index contributed by atoms with van der Waals surface area (Å²) in [4.78, 5) is 4.21. The van der Waals surface area contributed by atoms with E-state index in [0.29, 0.717) is 11.6 Å². The highest BCUT2D eigenvalue weighted by atomic mass is 79.9. The molecule has 0 aliphatic rings. The molecule has 0 unspecified atom stereocenters. The third-order valence-corrected chi connectivity index (χ3v) is 2.68. The van der Waals surface area contributed by atoms with Crippen LogP contribution in [0.4, 0.5) is 0 Å². The van der Waals surface area contributed by atoms with Gasteiger partial charge in [-0.15, -0.1) is 0 Å². The molecule has 0 saturated heterocycles. The number of ether oxygens (including phenoxy) is 1. The van der Waals surface area contributed by atoms with Crippen molar-refractivity contribution in [2.45, 2.75) is 6.61 Å². The molecular formula is C12H9BrClNO. The van der Waals surface area contributed by atoms with Crippen molar-refractivity contribution in [2.24, 2.45) is 0 Å². The van der Waals surface area contributed by atoms with Crippen molar-refractivity contribution >= 4 is 27.5 Å². The van der Waals surface area contributed by atoms with E-state index in [1.54, 1.807) is 12.3 Å². The summed E-state index contributed by atoms with van der Waals surface area (Å²) < 4.78 is 6.51. The van der Waals surface area contributed by atoms with Gasteiger partial charge < -0.3 is 4.74 Å². The molecular weight excluding hydrogens is 289 g/mol. The van der Waals surface area contributed by atoms with Gasteiger partial charge in [-0.1, -0.05) is 17.7 Å². The Morgan fingerprint density at radius 1 is 1.25 bits per heavy atom. The lowest BCUT2D eigenvalue weighted by Gasteiger charge is -2.05. The zero-order valence-electron chi connectivity index (χ0n) is 8.36. The first kappa shape index (κ1) is 11.4. The molecule has 1 heterocycles. The highest BCUT2D eigenvalue weighted by Gasteiger charge is 1.98. The van der Waals surface area contributed by atoms with E-state index in [9.17, 15) is 0 Å². The molecule has 2 aromatic rings. The summed E-state index contributed by atoms with van der Waals surface area (Å²) in [6.07, 6.45) is 1.75. The van der Waals surface area contributed by atoms with E-state index in [0.717, 1.165) is 15.9 Å². The van der Waals surface area contributed by atoms with Gasteiger partial charge in [0.2, 0.25) is 0 Å². The minimum absolute atomic E-state index is 0.438. The van der Waals surface area contributed by atoms with Gasteiger partial charge in [0.15, 0.2) is 0 Å². The fourth-order valence-corrected chi connectivity index (χ4v) is 1.62. The van der Waals surface area contributed by atoms with Crippen molar-refractivity contribution in [2.75, 3.05) is 0 Å². The predicted molar refractivity (Wildman–Crippen MR) is 67.7 cm³/mol. The van der Waals surface area contributed by atoms with Gasteiger partial charge in [0, 0.05) is 15.7 Å². The number of rotatable bonds is 3. The van der Waals surface area contributed by atoms with Gasteiger partial charge in [0.05, 0.1) is 5.69 Å². The first-order valence-electron chi connectivity index (χ1n) is 4.73. The zero-order chi connectivity index (χ0) is 11.4. The lowest BCUT2D eigenvalue weighted by Crippen LogP contribution is -1.97. The van der Waals surface area contributed by atoms with E-state index in [1.807, 2.05) is 30.3 Å². The second-order valence-corrected chi connectivity index (χ2v) is 4.57. The Hall–Kier alpha value is -1.06. The standard InChI is InChI=1S/C12H9BrClNO/c13-9-4-5-11(15-7-9)8-16-12-3-1-2-10(14)6-12/h1-7H,8H2. The molecule has 0 bridgehead atoms. The van der Waals surface area contributed by atoms with Crippen LogP contribution in [0.5, 0.6) is 5.75 Å². The molecule has 0 aliphatic carbocycles. The van der Waals surface area contributed by atoms with Gasteiger partial charge >= 0.3 is 0 Å². The Morgan fingerprint density at radius 2 is 2.12 bits per heavy atom. The summed E-state index contributed by atoms with van der Waals surface area (Å²) in [5.41, 5.74) is 0.878. The largest absolute Gasteiger partial charge is 0.487 e. The third-order valence-electron chi connectivity index (χ3n) is 1.97. The number of pyridine rings is 1. The second-order valence-electron chi connectivity index (χ2n) is 3.21. The summed E-state index contributed by atoms with van der Waals surface area (Å²) in [5, 5.41) is 0.668. The van der Waals surface area contributed by atoms with E-state index in [4.69, 9.17) is 16.3 Å². The van der Waals surface area contributed by atoms with Crippen molar-refractivity contribution in [1.82, 2.24) is 4.98 Å². The van der Waals surface area contributed by atoms with E-state index in [1.165, 1.54) is 0 Å². The third kappa shape index (κ3) is 3.22. The average Bonchev–Trinajstić information content (AvgIpc) is 2.28. The van der Waals surface area contributed by atoms with Gasteiger partial charge in [0.1, 0.15) is 12.4 Å². The van der Waals surface area contributed by atoms with Gasteiger partial charge in [0.25, 0.3) is 0 Å². The Labute approximate surface area is 107 Å². The Morgan fingerprint density at radius 3 is 2.81 bits per heavy atom.